The maximum Gasteiger partial charge on any atom is 0.338 e. The van der Waals surface area contributed by atoms with Crippen LogP contribution in [0.15, 0.2) is 58.3 Å². The molecular weight excluding hydrogens is 468 g/mol. The highest BCUT2D eigenvalue weighted by molar-refractivity contribution is 7.90. The van der Waals surface area contributed by atoms with Crippen molar-refractivity contribution < 1.29 is 31.2 Å². The number of nitrogens with one attached hydrogen (secondary N) is 1. The van der Waals surface area contributed by atoms with Gasteiger partial charge >= 0.3 is 5.97 Å². The average molecular weight is 495 g/mol. The number of piperidine rings is 1. The third-order valence-corrected chi connectivity index (χ3v) is 8.29. The van der Waals surface area contributed by atoms with Gasteiger partial charge in [-0.1, -0.05) is 6.42 Å². The third-order valence-electron chi connectivity index (χ3n) is 5.25. The van der Waals surface area contributed by atoms with Crippen LogP contribution in [-0.4, -0.2) is 58.5 Å². The van der Waals surface area contributed by atoms with E-state index in [1.807, 2.05) is 0 Å². The largest absolute Gasteiger partial charge is 0.449 e. The molecule has 3 rings (SSSR count). The fraction of sp³-hybridized carbons (Fsp3) is 0.364. The van der Waals surface area contributed by atoms with Crippen molar-refractivity contribution in [3.05, 3.63) is 54.1 Å². The van der Waals surface area contributed by atoms with Crippen molar-refractivity contribution in [1.82, 2.24) is 4.31 Å². The summed E-state index contributed by atoms with van der Waals surface area (Å²) in [5.41, 5.74) is 0.465. The average Bonchev–Trinajstić information content (AvgIpc) is 2.79. The lowest BCUT2D eigenvalue weighted by Crippen LogP contribution is -2.35. The summed E-state index contributed by atoms with van der Waals surface area (Å²) < 4.78 is 55.0. The van der Waals surface area contributed by atoms with Crippen molar-refractivity contribution in [2.45, 2.75) is 42.1 Å². The summed E-state index contributed by atoms with van der Waals surface area (Å²) in [6.07, 6.45) is 2.62. The van der Waals surface area contributed by atoms with E-state index in [9.17, 15) is 26.4 Å². The highest BCUT2D eigenvalue weighted by Gasteiger charge is 2.26. The van der Waals surface area contributed by atoms with Crippen molar-refractivity contribution in [3.63, 3.8) is 0 Å². The molecule has 2 aromatic carbocycles. The highest BCUT2D eigenvalue weighted by atomic mass is 32.2. The number of rotatable bonds is 7. The zero-order valence-electron chi connectivity index (χ0n) is 18.4. The number of hydrogen-bond acceptors (Lipinski definition) is 7. The predicted octanol–water partition coefficient (Wildman–Crippen LogP) is 2.45. The van der Waals surface area contributed by atoms with Crippen molar-refractivity contribution >= 4 is 37.4 Å². The van der Waals surface area contributed by atoms with Crippen molar-refractivity contribution in [2.24, 2.45) is 0 Å². The van der Waals surface area contributed by atoms with Crippen LogP contribution in [0.2, 0.25) is 0 Å². The molecule has 11 heteroatoms. The lowest BCUT2D eigenvalue weighted by Gasteiger charge is -2.25. The van der Waals surface area contributed by atoms with Gasteiger partial charge in [0.2, 0.25) is 10.0 Å². The second-order valence-electron chi connectivity index (χ2n) is 7.82. The number of nitrogens with zero attached hydrogens (tertiary/aromatic N) is 1. The van der Waals surface area contributed by atoms with E-state index in [4.69, 9.17) is 4.74 Å². The zero-order valence-corrected chi connectivity index (χ0v) is 20.0. The number of esters is 1. The van der Waals surface area contributed by atoms with Crippen LogP contribution in [0.4, 0.5) is 5.69 Å². The first kappa shape index (κ1) is 24.9. The molecule has 2 aromatic rings. The molecule has 178 valence electrons. The summed E-state index contributed by atoms with van der Waals surface area (Å²) >= 11 is 0. The highest BCUT2D eigenvalue weighted by Crippen LogP contribution is 2.22. The number of sulfone groups is 1. The first-order chi connectivity index (χ1) is 15.5. The summed E-state index contributed by atoms with van der Waals surface area (Å²) in [6.45, 7) is 2.40. The molecule has 9 nitrogen and oxygen atoms in total. The number of hydrogen-bond donors (Lipinski definition) is 1. The molecule has 0 bridgehead atoms. The Morgan fingerprint density at radius 1 is 0.879 bits per heavy atom. The smallest absolute Gasteiger partial charge is 0.338 e. The molecule has 1 amide bonds. The Morgan fingerprint density at radius 3 is 1.97 bits per heavy atom. The Balaban J connectivity index is 1.59. The van der Waals surface area contributed by atoms with E-state index in [1.54, 1.807) is 0 Å². The maximum absolute atomic E-state index is 12.7. The van der Waals surface area contributed by atoms with E-state index in [2.05, 4.69) is 5.32 Å². The van der Waals surface area contributed by atoms with Crippen molar-refractivity contribution in [1.29, 1.82) is 0 Å². The summed E-state index contributed by atoms with van der Waals surface area (Å²) in [5, 5.41) is 2.58. The molecule has 1 heterocycles. The predicted molar refractivity (Wildman–Crippen MR) is 122 cm³/mol. The summed E-state index contributed by atoms with van der Waals surface area (Å²) in [6, 6.07) is 11.0. The van der Waals surface area contributed by atoms with E-state index in [-0.39, 0.29) is 15.4 Å². The summed E-state index contributed by atoms with van der Waals surface area (Å²) in [4.78, 5) is 24.9. The molecule has 1 atom stereocenters. The Hall–Kier alpha value is -2.76. The van der Waals surface area contributed by atoms with E-state index < -0.39 is 37.8 Å². The van der Waals surface area contributed by atoms with Crippen LogP contribution >= 0.6 is 0 Å². The fourth-order valence-corrected chi connectivity index (χ4v) is 5.48. The number of sulfonamides is 1. The van der Waals surface area contributed by atoms with Gasteiger partial charge in [-0.3, -0.25) is 4.79 Å². The molecule has 0 aromatic heterocycles. The molecule has 0 saturated carbocycles. The van der Waals surface area contributed by atoms with Crippen LogP contribution in [0, 0.1) is 0 Å². The van der Waals surface area contributed by atoms with Crippen molar-refractivity contribution in [3.8, 4) is 0 Å². The van der Waals surface area contributed by atoms with E-state index in [1.165, 1.54) is 59.8 Å². The molecule has 0 unspecified atom stereocenters. The zero-order chi connectivity index (χ0) is 24.2. The monoisotopic (exact) mass is 494 g/mol. The Bertz CT molecular complexity index is 1220. The molecule has 0 radical (unpaired) electrons. The molecule has 1 aliphatic heterocycles. The van der Waals surface area contributed by atoms with Gasteiger partial charge in [0.1, 0.15) is 0 Å². The first-order valence-corrected chi connectivity index (χ1v) is 13.7. The molecule has 1 aliphatic rings. The van der Waals surface area contributed by atoms with Crippen LogP contribution < -0.4 is 5.32 Å². The lowest BCUT2D eigenvalue weighted by molar-refractivity contribution is -0.123. The van der Waals surface area contributed by atoms with Gasteiger partial charge in [0.25, 0.3) is 5.91 Å². The van der Waals surface area contributed by atoms with Gasteiger partial charge in [0, 0.05) is 25.0 Å². The summed E-state index contributed by atoms with van der Waals surface area (Å²) in [5.74, 6) is -1.37. The van der Waals surface area contributed by atoms with Gasteiger partial charge in [0.15, 0.2) is 15.9 Å². The molecular formula is C22H26N2O7S2. The fourth-order valence-electron chi connectivity index (χ4n) is 3.33. The molecule has 33 heavy (non-hydrogen) atoms. The number of carbonyl (C=O) groups excluding carboxylic acids is 2. The molecule has 1 N–H and O–H groups in total. The van der Waals surface area contributed by atoms with Crippen molar-refractivity contribution in [2.75, 3.05) is 24.7 Å². The van der Waals surface area contributed by atoms with Gasteiger partial charge in [-0.25, -0.2) is 21.6 Å². The number of anilines is 1. The molecule has 0 spiro atoms. The van der Waals surface area contributed by atoms with Crippen LogP contribution in [0.5, 0.6) is 0 Å². The maximum atomic E-state index is 12.7. The number of ether oxygens (including phenoxy) is 1. The van der Waals surface area contributed by atoms with E-state index >= 15 is 0 Å². The van der Waals surface area contributed by atoms with Gasteiger partial charge in [-0.2, -0.15) is 4.31 Å². The quantitative estimate of drug-likeness (QED) is 0.586. The van der Waals surface area contributed by atoms with Crippen LogP contribution in [0.25, 0.3) is 0 Å². The summed E-state index contributed by atoms with van der Waals surface area (Å²) in [7, 11) is -6.96. The second kappa shape index (κ2) is 10.0. The lowest BCUT2D eigenvalue weighted by atomic mass is 10.2. The minimum Gasteiger partial charge on any atom is -0.449 e. The molecule has 0 aliphatic carbocycles. The van der Waals surface area contributed by atoms with Crippen LogP contribution in [0.3, 0.4) is 0 Å². The topological polar surface area (TPSA) is 127 Å². The van der Waals surface area contributed by atoms with Crippen LogP contribution in [-0.2, 0) is 29.4 Å². The number of benzene rings is 2. The van der Waals surface area contributed by atoms with Gasteiger partial charge in [0.05, 0.1) is 15.4 Å². The Labute approximate surface area is 193 Å². The van der Waals surface area contributed by atoms with Gasteiger partial charge in [-0.15, -0.1) is 0 Å². The Morgan fingerprint density at radius 2 is 1.42 bits per heavy atom. The minimum atomic E-state index is -3.57. The first-order valence-electron chi connectivity index (χ1n) is 10.4. The second-order valence-corrected chi connectivity index (χ2v) is 11.8. The van der Waals surface area contributed by atoms with Gasteiger partial charge < -0.3 is 10.1 Å². The van der Waals surface area contributed by atoms with E-state index in [0.717, 1.165) is 25.5 Å². The molecule has 1 fully saturated rings. The SMILES string of the molecule is C[C@@H](OC(=O)c1ccc(S(C)(=O)=O)cc1)C(=O)Nc1ccc(S(=O)(=O)N2CCCCC2)cc1. The normalized spacial score (nSPS) is 16.1. The van der Waals surface area contributed by atoms with E-state index in [0.29, 0.717) is 18.8 Å². The van der Waals surface area contributed by atoms with Gasteiger partial charge in [-0.05, 0) is 68.3 Å². The number of carbonyl (C=O) groups is 2. The third kappa shape index (κ3) is 6.18. The standard InChI is InChI=1S/C22H26N2O7S2/c1-16(31-22(26)17-6-10-19(11-7-17)32(2,27)28)21(25)23-18-8-12-20(13-9-18)33(29,30)24-14-4-3-5-15-24/h6-13,16H,3-5,14-15H2,1-2H3,(H,23,25)/t16-/m1/s1. The minimum absolute atomic E-state index is 0.0654. The van der Waals surface area contributed by atoms with Crippen LogP contribution in [0.1, 0.15) is 36.5 Å². The Kier molecular flexibility index (Phi) is 7.55. The number of amides is 1. The molecule has 1 saturated heterocycles.